The van der Waals surface area contributed by atoms with Crippen molar-refractivity contribution in [2.45, 2.75) is 59.0 Å². The van der Waals surface area contributed by atoms with Crippen molar-refractivity contribution in [3.05, 3.63) is 0 Å². The summed E-state index contributed by atoms with van der Waals surface area (Å²) in [5.74, 6) is 0.211. The highest BCUT2D eigenvalue weighted by atomic mass is 16.6. The van der Waals surface area contributed by atoms with E-state index in [1.54, 1.807) is 4.90 Å². The van der Waals surface area contributed by atoms with Crippen molar-refractivity contribution < 1.29 is 19.1 Å². The Labute approximate surface area is 121 Å². The fraction of sp³-hybridized carbons (Fsp3) is 0.867. The Hall–Kier alpha value is -1.26. The Morgan fingerprint density at radius 3 is 2.60 bits per heavy atom. The summed E-state index contributed by atoms with van der Waals surface area (Å²) < 4.78 is 10.3. The van der Waals surface area contributed by atoms with Gasteiger partial charge in [-0.3, -0.25) is 4.79 Å². The lowest BCUT2D eigenvalue weighted by molar-refractivity contribution is -0.143. The number of esters is 1. The van der Waals surface area contributed by atoms with Gasteiger partial charge < -0.3 is 14.4 Å². The zero-order valence-electron chi connectivity index (χ0n) is 13.1. The van der Waals surface area contributed by atoms with Crippen molar-refractivity contribution in [2.24, 2.45) is 5.92 Å². The van der Waals surface area contributed by atoms with Crippen LogP contribution >= 0.6 is 0 Å². The molecule has 0 unspecified atom stereocenters. The van der Waals surface area contributed by atoms with Gasteiger partial charge in [0.2, 0.25) is 0 Å². The van der Waals surface area contributed by atoms with Gasteiger partial charge in [-0.1, -0.05) is 0 Å². The van der Waals surface area contributed by atoms with E-state index in [2.05, 4.69) is 0 Å². The fourth-order valence-electron chi connectivity index (χ4n) is 2.35. The maximum atomic E-state index is 12.0. The first-order chi connectivity index (χ1) is 9.31. The first-order valence-corrected chi connectivity index (χ1v) is 7.45. The largest absolute Gasteiger partial charge is 0.466 e. The Morgan fingerprint density at radius 1 is 1.30 bits per heavy atom. The molecule has 1 aliphatic heterocycles. The van der Waals surface area contributed by atoms with Gasteiger partial charge in [-0.15, -0.1) is 0 Å². The monoisotopic (exact) mass is 285 g/mol. The van der Waals surface area contributed by atoms with Gasteiger partial charge in [-0.2, -0.15) is 0 Å². The molecule has 0 aromatic heterocycles. The topological polar surface area (TPSA) is 55.8 Å². The van der Waals surface area contributed by atoms with E-state index < -0.39 is 5.60 Å². The van der Waals surface area contributed by atoms with E-state index in [-0.39, 0.29) is 12.1 Å². The summed E-state index contributed by atoms with van der Waals surface area (Å²) in [7, 11) is 0. The Morgan fingerprint density at radius 2 is 2.00 bits per heavy atom. The average molecular weight is 285 g/mol. The summed E-state index contributed by atoms with van der Waals surface area (Å²) in [6.45, 7) is 9.25. The molecular weight excluding hydrogens is 258 g/mol. The molecule has 0 aromatic rings. The van der Waals surface area contributed by atoms with Crippen LogP contribution in [0.25, 0.3) is 0 Å². The highest BCUT2D eigenvalue weighted by Gasteiger charge is 2.27. The van der Waals surface area contributed by atoms with Crippen LogP contribution in [0.2, 0.25) is 0 Å². The van der Waals surface area contributed by atoms with Gasteiger partial charge in [0.1, 0.15) is 5.60 Å². The second kappa shape index (κ2) is 7.50. The number of hydrogen-bond acceptors (Lipinski definition) is 4. The summed E-state index contributed by atoms with van der Waals surface area (Å²) in [6, 6.07) is 0. The number of likely N-dealkylation sites (tertiary alicyclic amines) is 1. The first kappa shape index (κ1) is 16.8. The van der Waals surface area contributed by atoms with Gasteiger partial charge in [0.15, 0.2) is 0 Å². The molecule has 20 heavy (non-hydrogen) atoms. The summed E-state index contributed by atoms with van der Waals surface area (Å²) in [5, 5.41) is 0. The van der Waals surface area contributed by atoms with Crippen LogP contribution in [0.1, 0.15) is 53.4 Å². The molecule has 0 N–H and O–H groups in total. The molecule has 0 spiro atoms. The summed E-state index contributed by atoms with van der Waals surface area (Å²) in [5.41, 5.74) is -0.463. The predicted molar refractivity (Wildman–Crippen MR) is 76.4 cm³/mol. The number of nitrogens with zero attached hydrogens (tertiary/aromatic N) is 1. The summed E-state index contributed by atoms with van der Waals surface area (Å²) in [6.07, 6.45) is 2.97. The lowest BCUT2D eigenvalue weighted by atomic mass is 9.93. The second-order valence-electron chi connectivity index (χ2n) is 6.28. The lowest BCUT2D eigenvalue weighted by Gasteiger charge is -2.34. The third-order valence-corrected chi connectivity index (χ3v) is 3.23. The number of piperidine rings is 1. The minimum atomic E-state index is -0.463. The van der Waals surface area contributed by atoms with Gasteiger partial charge in [0.05, 0.1) is 6.61 Å². The highest BCUT2D eigenvalue weighted by Crippen LogP contribution is 2.22. The summed E-state index contributed by atoms with van der Waals surface area (Å²) in [4.78, 5) is 25.1. The Balaban J connectivity index is 2.38. The molecule has 1 rings (SSSR count). The zero-order valence-corrected chi connectivity index (χ0v) is 13.1. The maximum absolute atomic E-state index is 12.0. The van der Waals surface area contributed by atoms with Crippen LogP contribution in [0.3, 0.4) is 0 Å². The van der Waals surface area contributed by atoms with E-state index in [0.717, 1.165) is 25.8 Å². The van der Waals surface area contributed by atoms with Crippen molar-refractivity contribution >= 4 is 12.1 Å². The van der Waals surface area contributed by atoms with Crippen LogP contribution in [0.5, 0.6) is 0 Å². The molecule has 1 atom stereocenters. The molecule has 1 amide bonds. The van der Waals surface area contributed by atoms with Crippen LogP contribution in [-0.2, 0) is 14.3 Å². The molecule has 0 saturated carbocycles. The molecule has 0 aliphatic carbocycles. The molecule has 0 aromatic carbocycles. The number of rotatable bonds is 4. The standard InChI is InChI=1S/C15H27NO4/c1-5-19-13(17)9-8-12-7-6-10-16(11-12)14(18)20-15(2,3)4/h12H,5-11H2,1-4H3/t12-/m0/s1. The molecule has 5 heteroatoms. The van der Waals surface area contributed by atoms with E-state index in [9.17, 15) is 9.59 Å². The number of ether oxygens (including phenoxy) is 2. The third-order valence-electron chi connectivity index (χ3n) is 3.23. The molecule has 1 fully saturated rings. The number of carbonyl (C=O) groups is 2. The quantitative estimate of drug-likeness (QED) is 0.745. The van der Waals surface area contributed by atoms with Crippen molar-refractivity contribution in [3.8, 4) is 0 Å². The van der Waals surface area contributed by atoms with E-state index in [4.69, 9.17) is 9.47 Å². The van der Waals surface area contributed by atoms with Crippen molar-refractivity contribution in [1.82, 2.24) is 4.90 Å². The van der Waals surface area contributed by atoms with Gasteiger partial charge in [0, 0.05) is 19.5 Å². The minimum Gasteiger partial charge on any atom is -0.466 e. The second-order valence-corrected chi connectivity index (χ2v) is 6.28. The van der Waals surface area contributed by atoms with E-state index >= 15 is 0 Å². The van der Waals surface area contributed by atoms with E-state index in [1.165, 1.54) is 0 Å². The molecule has 1 saturated heterocycles. The summed E-state index contributed by atoms with van der Waals surface area (Å²) >= 11 is 0. The molecule has 0 bridgehead atoms. The van der Waals surface area contributed by atoms with Crippen molar-refractivity contribution in [2.75, 3.05) is 19.7 Å². The van der Waals surface area contributed by atoms with Crippen LogP contribution in [0, 0.1) is 5.92 Å². The van der Waals surface area contributed by atoms with E-state index in [0.29, 0.717) is 25.5 Å². The van der Waals surface area contributed by atoms with Crippen LogP contribution < -0.4 is 0 Å². The van der Waals surface area contributed by atoms with Gasteiger partial charge >= 0.3 is 12.1 Å². The predicted octanol–water partition coefficient (Wildman–Crippen LogP) is 2.98. The van der Waals surface area contributed by atoms with Crippen molar-refractivity contribution in [3.63, 3.8) is 0 Å². The van der Waals surface area contributed by atoms with Gasteiger partial charge in [-0.25, -0.2) is 4.79 Å². The number of amides is 1. The molecular formula is C15H27NO4. The molecule has 1 aliphatic rings. The number of carbonyl (C=O) groups excluding carboxylic acids is 2. The number of hydrogen-bond donors (Lipinski definition) is 0. The van der Waals surface area contributed by atoms with E-state index in [1.807, 2.05) is 27.7 Å². The molecule has 1 heterocycles. The smallest absolute Gasteiger partial charge is 0.410 e. The Bertz CT molecular complexity index is 335. The normalized spacial score (nSPS) is 19.6. The van der Waals surface area contributed by atoms with Crippen LogP contribution in [0.4, 0.5) is 4.79 Å². The fourth-order valence-corrected chi connectivity index (χ4v) is 2.35. The van der Waals surface area contributed by atoms with Crippen molar-refractivity contribution in [1.29, 1.82) is 0 Å². The maximum Gasteiger partial charge on any atom is 0.410 e. The first-order valence-electron chi connectivity index (χ1n) is 7.45. The van der Waals surface area contributed by atoms with Crippen LogP contribution in [-0.4, -0.2) is 42.3 Å². The SMILES string of the molecule is CCOC(=O)CC[C@@H]1CCCN(C(=O)OC(C)(C)C)C1. The average Bonchev–Trinajstić information content (AvgIpc) is 2.35. The third kappa shape index (κ3) is 6.26. The Kier molecular flexibility index (Phi) is 6.30. The lowest BCUT2D eigenvalue weighted by Crippen LogP contribution is -2.43. The molecule has 5 nitrogen and oxygen atoms in total. The zero-order chi connectivity index (χ0) is 15.2. The van der Waals surface area contributed by atoms with Crippen LogP contribution in [0.15, 0.2) is 0 Å². The minimum absolute atomic E-state index is 0.151. The molecule has 116 valence electrons. The molecule has 0 radical (unpaired) electrons. The van der Waals surface area contributed by atoms with Gasteiger partial charge in [-0.05, 0) is 52.9 Å². The van der Waals surface area contributed by atoms with Gasteiger partial charge in [0.25, 0.3) is 0 Å². The highest BCUT2D eigenvalue weighted by molar-refractivity contribution is 5.69.